The lowest BCUT2D eigenvalue weighted by atomic mass is 10.2. The van der Waals surface area contributed by atoms with Gasteiger partial charge in [-0.15, -0.1) is 0 Å². The van der Waals surface area contributed by atoms with Crippen LogP contribution >= 0.6 is 11.8 Å². The fourth-order valence-electron chi connectivity index (χ4n) is 2.03. The van der Waals surface area contributed by atoms with Crippen molar-refractivity contribution in [1.29, 1.82) is 0 Å². The van der Waals surface area contributed by atoms with Gasteiger partial charge in [-0.3, -0.25) is 0 Å². The third-order valence-corrected chi connectivity index (χ3v) is 3.83. The number of imidazole rings is 1. The number of thioether (sulfide) groups is 1. The van der Waals surface area contributed by atoms with Crippen molar-refractivity contribution < 1.29 is 0 Å². The van der Waals surface area contributed by atoms with Crippen LogP contribution in [-0.4, -0.2) is 45.0 Å². The lowest BCUT2D eigenvalue weighted by molar-refractivity contribution is 0.748. The van der Waals surface area contributed by atoms with Crippen LogP contribution in [-0.2, 0) is 0 Å². The van der Waals surface area contributed by atoms with Crippen molar-refractivity contribution in [2.24, 2.45) is 0 Å². The summed E-state index contributed by atoms with van der Waals surface area (Å²) in [5.74, 6) is 2.71. The number of rotatable bonds is 10. The molecule has 0 bridgehead atoms. The molecule has 0 unspecified atom stereocenters. The molecule has 0 aliphatic rings. The summed E-state index contributed by atoms with van der Waals surface area (Å²) >= 11 is 1.91. The smallest absolute Gasteiger partial charge is 0.226 e. The lowest BCUT2D eigenvalue weighted by Gasteiger charge is -2.09. The molecule has 2 rings (SSSR count). The highest BCUT2D eigenvalue weighted by Crippen LogP contribution is 2.18. The fourth-order valence-corrected chi connectivity index (χ4v) is 2.52. The van der Waals surface area contributed by atoms with Crippen LogP contribution in [0.4, 0.5) is 11.8 Å². The molecule has 2 heterocycles. The molecule has 0 radical (unpaired) electrons. The molecule has 0 aromatic carbocycles. The summed E-state index contributed by atoms with van der Waals surface area (Å²) in [5, 5.41) is 6.61. The molecule has 3 N–H and O–H groups in total. The maximum atomic E-state index is 4.54. The molecule has 0 amide bonds. The van der Waals surface area contributed by atoms with Gasteiger partial charge in [0.15, 0.2) is 11.5 Å². The van der Waals surface area contributed by atoms with Crippen molar-refractivity contribution in [2.45, 2.75) is 32.6 Å². The molecule has 0 saturated heterocycles. The number of fused-ring (bicyclic) bond motifs is 1. The molecular weight excluding hydrogens is 284 g/mol. The Hall–Kier alpha value is -1.50. The average molecular weight is 308 g/mol. The Balaban J connectivity index is 1.95. The van der Waals surface area contributed by atoms with E-state index in [2.05, 4.69) is 43.7 Å². The van der Waals surface area contributed by atoms with Gasteiger partial charge in [-0.05, 0) is 31.3 Å². The van der Waals surface area contributed by atoms with Gasteiger partial charge in [-0.1, -0.05) is 13.3 Å². The van der Waals surface area contributed by atoms with Crippen LogP contribution in [0, 0.1) is 0 Å². The lowest BCUT2D eigenvalue weighted by Crippen LogP contribution is -2.09. The monoisotopic (exact) mass is 308 g/mol. The Bertz CT molecular complexity index is 541. The molecule has 2 aromatic heterocycles. The third kappa shape index (κ3) is 4.77. The molecule has 0 aliphatic carbocycles. The van der Waals surface area contributed by atoms with E-state index in [1.807, 2.05) is 11.8 Å². The third-order valence-electron chi connectivity index (χ3n) is 3.14. The summed E-state index contributed by atoms with van der Waals surface area (Å²) < 4.78 is 0. The molecular formula is C14H24N6S. The number of aromatic amines is 1. The highest BCUT2D eigenvalue weighted by atomic mass is 32.2. The Labute approximate surface area is 129 Å². The van der Waals surface area contributed by atoms with Crippen LogP contribution < -0.4 is 10.6 Å². The summed E-state index contributed by atoms with van der Waals surface area (Å²) in [6.07, 6.45) is 8.52. The summed E-state index contributed by atoms with van der Waals surface area (Å²) in [6.45, 7) is 3.91. The van der Waals surface area contributed by atoms with Crippen molar-refractivity contribution in [2.75, 3.05) is 35.7 Å². The second kappa shape index (κ2) is 8.71. The minimum atomic E-state index is 0.640. The summed E-state index contributed by atoms with van der Waals surface area (Å²) in [6, 6.07) is 0. The van der Waals surface area contributed by atoms with E-state index in [9.17, 15) is 0 Å². The Morgan fingerprint density at radius 2 is 2.05 bits per heavy atom. The molecule has 0 aliphatic heterocycles. The van der Waals surface area contributed by atoms with E-state index < -0.39 is 0 Å². The van der Waals surface area contributed by atoms with Crippen molar-refractivity contribution >= 4 is 34.7 Å². The Morgan fingerprint density at radius 1 is 1.14 bits per heavy atom. The second-order valence-corrected chi connectivity index (χ2v) is 5.89. The van der Waals surface area contributed by atoms with Crippen LogP contribution in [0.3, 0.4) is 0 Å². The van der Waals surface area contributed by atoms with Gasteiger partial charge in [0.25, 0.3) is 0 Å². The predicted octanol–water partition coefficient (Wildman–Crippen LogP) is 3.12. The van der Waals surface area contributed by atoms with Crippen LogP contribution in [0.25, 0.3) is 11.2 Å². The molecule has 0 fully saturated rings. The number of nitrogens with zero attached hydrogens (tertiary/aromatic N) is 3. The van der Waals surface area contributed by atoms with Gasteiger partial charge in [0.2, 0.25) is 5.95 Å². The molecule has 21 heavy (non-hydrogen) atoms. The van der Waals surface area contributed by atoms with E-state index in [1.165, 1.54) is 18.6 Å². The van der Waals surface area contributed by atoms with Crippen molar-refractivity contribution in [3.05, 3.63) is 6.33 Å². The fraction of sp³-hybridized carbons (Fsp3) is 0.643. The number of hydrogen-bond acceptors (Lipinski definition) is 6. The summed E-state index contributed by atoms with van der Waals surface area (Å²) in [7, 11) is 0. The van der Waals surface area contributed by atoms with Gasteiger partial charge < -0.3 is 15.6 Å². The summed E-state index contributed by atoms with van der Waals surface area (Å²) in [4.78, 5) is 16.3. The molecule has 116 valence electrons. The highest BCUT2D eigenvalue weighted by molar-refractivity contribution is 7.98. The van der Waals surface area contributed by atoms with Crippen LogP contribution in [0.5, 0.6) is 0 Å². The van der Waals surface area contributed by atoms with E-state index in [0.717, 1.165) is 37.3 Å². The van der Waals surface area contributed by atoms with Crippen molar-refractivity contribution in [3.63, 3.8) is 0 Å². The van der Waals surface area contributed by atoms with Crippen LogP contribution in [0.15, 0.2) is 6.33 Å². The van der Waals surface area contributed by atoms with Gasteiger partial charge in [0.05, 0.1) is 6.33 Å². The zero-order valence-corrected chi connectivity index (χ0v) is 13.6. The van der Waals surface area contributed by atoms with E-state index in [4.69, 9.17) is 0 Å². The van der Waals surface area contributed by atoms with Gasteiger partial charge in [0, 0.05) is 13.1 Å². The second-order valence-electron chi connectivity index (χ2n) is 4.90. The highest BCUT2D eigenvalue weighted by Gasteiger charge is 2.09. The summed E-state index contributed by atoms with van der Waals surface area (Å²) in [5.41, 5.74) is 1.58. The van der Waals surface area contributed by atoms with Crippen molar-refractivity contribution in [1.82, 2.24) is 19.9 Å². The minimum Gasteiger partial charge on any atom is -0.368 e. The van der Waals surface area contributed by atoms with Crippen LogP contribution in [0.2, 0.25) is 0 Å². The number of nitrogens with one attached hydrogen (secondary N) is 3. The van der Waals surface area contributed by atoms with E-state index in [-0.39, 0.29) is 0 Å². The largest absolute Gasteiger partial charge is 0.368 e. The normalized spacial score (nSPS) is 11.0. The molecule has 6 nitrogen and oxygen atoms in total. The first-order valence-corrected chi connectivity index (χ1v) is 8.92. The molecule has 0 atom stereocenters. The molecule has 0 saturated carbocycles. The van der Waals surface area contributed by atoms with E-state index in [1.54, 1.807) is 6.33 Å². The standard InChI is InChI=1S/C14H24N6S/c1-3-7-16-14-19-12(11-13(20-14)18-10-17-11)15-8-5-4-6-9-21-2/h10H,3-9H2,1-2H3,(H3,15,16,17,18,19,20). The van der Waals surface area contributed by atoms with Gasteiger partial charge in [-0.2, -0.15) is 21.7 Å². The van der Waals surface area contributed by atoms with Gasteiger partial charge in [0.1, 0.15) is 5.52 Å². The van der Waals surface area contributed by atoms with Crippen molar-refractivity contribution in [3.8, 4) is 0 Å². The SMILES string of the molecule is CCCNc1nc(NCCCCCSC)c2[nH]cnc2n1. The number of anilines is 2. The number of unbranched alkanes of at least 4 members (excludes halogenated alkanes) is 2. The first kappa shape index (κ1) is 15.9. The van der Waals surface area contributed by atoms with Gasteiger partial charge in [-0.25, -0.2) is 4.98 Å². The minimum absolute atomic E-state index is 0.640. The first-order chi connectivity index (χ1) is 10.3. The number of H-pyrrole nitrogens is 1. The van der Waals surface area contributed by atoms with Crippen LogP contribution in [0.1, 0.15) is 32.6 Å². The maximum Gasteiger partial charge on any atom is 0.226 e. The molecule has 7 heteroatoms. The average Bonchev–Trinajstić information content (AvgIpc) is 2.97. The number of aromatic nitrogens is 4. The van der Waals surface area contributed by atoms with Gasteiger partial charge >= 0.3 is 0 Å². The Morgan fingerprint density at radius 3 is 2.86 bits per heavy atom. The molecule has 2 aromatic rings. The number of hydrogen-bond donors (Lipinski definition) is 3. The zero-order chi connectivity index (χ0) is 14.9. The predicted molar refractivity (Wildman–Crippen MR) is 91.2 cm³/mol. The van der Waals surface area contributed by atoms with E-state index >= 15 is 0 Å². The first-order valence-electron chi connectivity index (χ1n) is 7.53. The maximum absolute atomic E-state index is 4.54. The Kier molecular flexibility index (Phi) is 6.59. The zero-order valence-electron chi connectivity index (χ0n) is 12.8. The molecule has 0 spiro atoms. The van der Waals surface area contributed by atoms with E-state index in [0.29, 0.717) is 11.6 Å². The topological polar surface area (TPSA) is 78.5 Å². The quantitative estimate of drug-likeness (QED) is 0.585.